The van der Waals surface area contributed by atoms with Crippen molar-refractivity contribution in [3.05, 3.63) is 28.8 Å². The summed E-state index contributed by atoms with van der Waals surface area (Å²) in [6.07, 6.45) is 1.69. The van der Waals surface area contributed by atoms with Gasteiger partial charge in [0.05, 0.1) is 18.2 Å². The van der Waals surface area contributed by atoms with Crippen molar-refractivity contribution in [2.24, 2.45) is 0 Å². The number of rotatable bonds is 7. The van der Waals surface area contributed by atoms with Crippen molar-refractivity contribution < 1.29 is 17.9 Å². The fraction of sp³-hybridized carbons (Fsp3) is 0.588. The second-order valence-corrected chi connectivity index (χ2v) is 8.27. The molecule has 1 fully saturated rings. The molecule has 1 aromatic carbocycles. The summed E-state index contributed by atoms with van der Waals surface area (Å²) in [6.45, 7) is 6.58. The quantitative estimate of drug-likeness (QED) is 0.720. The molecule has 1 heterocycles. The van der Waals surface area contributed by atoms with E-state index < -0.39 is 10.0 Å². The highest BCUT2D eigenvalue weighted by molar-refractivity contribution is 7.89. The van der Waals surface area contributed by atoms with Gasteiger partial charge in [0.2, 0.25) is 10.0 Å². The van der Waals surface area contributed by atoms with E-state index in [-0.39, 0.29) is 28.9 Å². The molecule has 0 spiro atoms. The van der Waals surface area contributed by atoms with Crippen LogP contribution in [0, 0.1) is 0 Å². The molecule has 1 aliphatic heterocycles. The van der Waals surface area contributed by atoms with Crippen LogP contribution in [0.2, 0.25) is 5.02 Å². The minimum absolute atomic E-state index is 0.0186. The van der Waals surface area contributed by atoms with Crippen molar-refractivity contribution in [1.82, 2.24) is 9.21 Å². The van der Waals surface area contributed by atoms with E-state index in [1.165, 1.54) is 16.4 Å². The smallest absolute Gasteiger partial charge is 0.253 e. The Bertz CT molecular complexity index is 697. The molecular formula is C17H25ClN2O4S. The Balaban J connectivity index is 2.34. The number of amides is 1. The molecule has 2 rings (SSSR count). The molecule has 8 heteroatoms. The van der Waals surface area contributed by atoms with E-state index in [2.05, 4.69) is 0 Å². The molecular weight excluding hydrogens is 364 g/mol. The van der Waals surface area contributed by atoms with Crippen LogP contribution in [0.1, 0.15) is 37.0 Å². The maximum absolute atomic E-state index is 12.9. The molecule has 140 valence electrons. The number of halogens is 1. The van der Waals surface area contributed by atoms with Gasteiger partial charge in [0.25, 0.3) is 5.91 Å². The lowest BCUT2D eigenvalue weighted by atomic mass is 10.2. The summed E-state index contributed by atoms with van der Waals surface area (Å²) in [6, 6.07) is 4.47. The van der Waals surface area contributed by atoms with Crippen LogP contribution in [0.4, 0.5) is 0 Å². The van der Waals surface area contributed by atoms with Crippen LogP contribution in [0.25, 0.3) is 0 Å². The summed E-state index contributed by atoms with van der Waals surface area (Å²) >= 11 is 6.14. The van der Waals surface area contributed by atoms with Gasteiger partial charge in [0, 0.05) is 31.7 Å². The molecule has 0 saturated carbocycles. The number of carbonyl (C=O) groups excluding carboxylic acids is 1. The Morgan fingerprint density at radius 3 is 2.36 bits per heavy atom. The summed E-state index contributed by atoms with van der Waals surface area (Å²) in [5.41, 5.74) is 0.345. The Labute approximate surface area is 154 Å². The van der Waals surface area contributed by atoms with Crippen molar-refractivity contribution in [2.75, 3.05) is 39.4 Å². The van der Waals surface area contributed by atoms with Gasteiger partial charge in [-0.25, -0.2) is 8.42 Å². The van der Waals surface area contributed by atoms with Gasteiger partial charge in [-0.1, -0.05) is 25.4 Å². The third kappa shape index (κ3) is 4.73. The first-order chi connectivity index (χ1) is 11.9. The lowest BCUT2D eigenvalue weighted by Gasteiger charge is -2.27. The van der Waals surface area contributed by atoms with Crippen LogP contribution in [-0.4, -0.2) is 62.9 Å². The van der Waals surface area contributed by atoms with Gasteiger partial charge in [-0.2, -0.15) is 4.31 Å². The zero-order valence-corrected chi connectivity index (χ0v) is 16.3. The first-order valence-corrected chi connectivity index (χ1v) is 10.4. The fourth-order valence-corrected chi connectivity index (χ4v) is 4.71. The number of benzene rings is 1. The molecule has 0 bridgehead atoms. The van der Waals surface area contributed by atoms with Crippen molar-refractivity contribution in [3.63, 3.8) is 0 Å². The number of morpholine rings is 1. The van der Waals surface area contributed by atoms with Gasteiger partial charge in [-0.05, 0) is 31.0 Å². The van der Waals surface area contributed by atoms with Crippen molar-refractivity contribution in [1.29, 1.82) is 0 Å². The second kappa shape index (κ2) is 8.98. The highest BCUT2D eigenvalue weighted by Gasteiger charge is 2.29. The molecule has 1 aliphatic rings. The van der Waals surface area contributed by atoms with E-state index in [0.29, 0.717) is 31.9 Å². The highest BCUT2D eigenvalue weighted by Crippen LogP contribution is 2.27. The molecule has 6 nitrogen and oxygen atoms in total. The molecule has 1 amide bonds. The number of nitrogens with zero attached hydrogens (tertiary/aromatic N) is 2. The minimum Gasteiger partial charge on any atom is -0.379 e. The third-order valence-corrected chi connectivity index (χ3v) is 6.42. The molecule has 1 aromatic rings. The molecule has 25 heavy (non-hydrogen) atoms. The molecule has 0 unspecified atom stereocenters. The number of hydrogen-bond acceptors (Lipinski definition) is 4. The fourth-order valence-electron chi connectivity index (χ4n) is 2.80. The molecule has 0 N–H and O–H groups in total. The van der Waals surface area contributed by atoms with Gasteiger partial charge in [0.1, 0.15) is 4.90 Å². The van der Waals surface area contributed by atoms with Crippen molar-refractivity contribution in [2.45, 2.75) is 31.6 Å². The Hall–Kier alpha value is -1.15. The lowest BCUT2D eigenvalue weighted by molar-refractivity contribution is 0.0729. The van der Waals surface area contributed by atoms with E-state index in [9.17, 15) is 13.2 Å². The second-order valence-electron chi connectivity index (χ2n) is 5.95. The maximum atomic E-state index is 12.9. The Morgan fingerprint density at radius 1 is 1.20 bits per heavy atom. The van der Waals surface area contributed by atoms with Crippen LogP contribution in [-0.2, 0) is 14.8 Å². The largest absolute Gasteiger partial charge is 0.379 e. The summed E-state index contributed by atoms with van der Waals surface area (Å²) < 4.78 is 32.3. The molecule has 0 aromatic heterocycles. The zero-order chi connectivity index (χ0) is 18.4. The molecule has 0 radical (unpaired) electrons. The number of sulfonamides is 1. The van der Waals surface area contributed by atoms with Crippen LogP contribution >= 0.6 is 11.6 Å². The average Bonchev–Trinajstić information content (AvgIpc) is 2.62. The summed E-state index contributed by atoms with van der Waals surface area (Å²) in [5.74, 6) is -0.168. The van der Waals surface area contributed by atoms with Crippen LogP contribution in [0.5, 0.6) is 0 Å². The van der Waals surface area contributed by atoms with Gasteiger partial charge in [-0.3, -0.25) is 4.79 Å². The summed E-state index contributed by atoms with van der Waals surface area (Å²) in [5, 5.41) is 0.126. The van der Waals surface area contributed by atoms with Crippen molar-refractivity contribution >= 4 is 27.5 Å². The lowest BCUT2D eigenvalue weighted by Crippen LogP contribution is -2.40. The highest BCUT2D eigenvalue weighted by atomic mass is 35.5. The first-order valence-electron chi connectivity index (χ1n) is 8.58. The van der Waals surface area contributed by atoms with E-state index in [1.807, 2.05) is 13.8 Å². The van der Waals surface area contributed by atoms with E-state index in [1.54, 1.807) is 11.0 Å². The van der Waals surface area contributed by atoms with Crippen LogP contribution in [0.3, 0.4) is 0 Å². The van der Waals surface area contributed by atoms with Gasteiger partial charge in [0.15, 0.2) is 0 Å². The SMILES string of the molecule is CCCN(CCC)C(=O)c1ccc(Cl)c(S(=O)(=O)N2CCOCC2)c1. The Morgan fingerprint density at radius 2 is 1.80 bits per heavy atom. The molecule has 1 saturated heterocycles. The zero-order valence-electron chi connectivity index (χ0n) is 14.7. The number of hydrogen-bond donors (Lipinski definition) is 0. The maximum Gasteiger partial charge on any atom is 0.253 e. The third-order valence-electron chi connectivity index (χ3n) is 4.04. The van der Waals surface area contributed by atoms with E-state index in [4.69, 9.17) is 16.3 Å². The monoisotopic (exact) mass is 388 g/mol. The van der Waals surface area contributed by atoms with Crippen LogP contribution in [0.15, 0.2) is 23.1 Å². The van der Waals surface area contributed by atoms with E-state index in [0.717, 1.165) is 12.8 Å². The normalized spacial score (nSPS) is 16.0. The molecule has 0 aliphatic carbocycles. The van der Waals surface area contributed by atoms with Gasteiger partial charge in [-0.15, -0.1) is 0 Å². The average molecular weight is 389 g/mol. The van der Waals surface area contributed by atoms with Gasteiger partial charge >= 0.3 is 0 Å². The number of ether oxygens (including phenoxy) is 1. The van der Waals surface area contributed by atoms with Crippen LogP contribution < -0.4 is 0 Å². The topological polar surface area (TPSA) is 66.9 Å². The summed E-state index contributed by atoms with van der Waals surface area (Å²) in [7, 11) is -3.75. The first kappa shape index (κ1) is 20.2. The Kier molecular flexibility index (Phi) is 7.25. The standard InChI is InChI=1S/C17H25ClN2O4S/c1-3-7-19(8-4-2)17(21)14-5-6-15(18)16(13-14)25(22,23)20-9-11-24-12-10-20/h5-6,13H,3-4,7-12H2,1-2H3. The molecule has 0 atom stereocenters. The van der Waals surface area contributed by atoms with E-state index >= 15 is 0 Å². The number of carbonyl (C=O) groups is 1. The summed E-state index contributed by atoms with van der Waals surface area (Å²) in [4.78, 5) is 14.5. The van der Waals surface area contributed by atoms with Gasteiger partial charge < -0.3 is 9.64 Å². The predicted molar refractivity (Wildman–Crippen MR) is 97.5 cm³/mol. The minimum atomic E-state index is -3.75. The predicted octanol–water partition coefficient (Wildman–Crippen LogP) is 2.62. The van der Waals surface area contributed by atoms with Crippen molar-refractivity contribution in [3.8, 4) is 0 Å².